The molecule has 0 radical (unpaired) electrons. The minimum Gasteiger partial charge on any atom is -0.622 e. The molecular weight excluding hydrogens is 1710 g/mol. The number of aromatic nitrogens is 2. The molecule has 0 bridgehead atoms. The molecule has 14 rings (SSSR count). The number of hydrogen-bond acceptors (Lipinski definition) is 14. The van der Waals surface area contributed by atoms with Crippen molar-refractivity contribution < 1.29 is 54.4 Å². The zero-order chi connectivity index (χ0) is 76.6. The third-order valence-electron chi connectivity index (χ3n) is 15.9. The average Bonchev–Trinajstić information content (AvgIpc) is 1.61. The van der Waals surface area contributed by atoms with E-state index >= 15 is 0 Å². The van der Waals surface area contributed by atoms with E-state index in [-0.39, 0.29) is 63.1 Å². The molecule has 25 heteroatoms. The van der Waals surface area contributed by atoms with E-state index in [0.29, 0.717) is 154 Å². The summed E-state index contributed by atoms with van der Waals surface area (Å²) >= 11 is 14.8. The normalized spacial score (nSPS) is 12.6. The van der Waals surface area contributed by atoms with Crippen LogP contribution in [0.1, 0.15) is 44.8 Å². The summed E-state index contributed by atoms with van der Waals surface area (Å²) in [4.78, 5) is 33.8. The van der Waals surface area contributed by atoms with E-state index < -0.39 is 0 Å². The Morgan fingerprint density at radius 3 is 0.820 bits per heavy atom. The third kappa shape index (κ3) is 17.8. The van der Waals surface area contributed by atoms with Crippen molar-refractivity contribution in [3.05, 3.63) is 386 Å². The molecule has 10 aromatic carbocycles. The molecule has 0 N–H and O–H groups in total. The fraction of sp³-hybridized carbons (Fsp3) is 0. The van der Waals surface area contributed by atoms with Crippen LogP contribution in [-0.4, -0.2) is 11.8 Å². The van der Waals surface area contributed by atoms with Gasteiger partial charge in [0.25, 0.3) is 0 Å². The number of nitriles is 4. The number of nitrogens with zero attached hydrogens (tertiary/aromatic N) is 12. The molecule has 0 amide bonds. The topological polar surface area (TPSA) is 239 Å². The molecule has 12 aromatic rings. The molecule has 20 nitrogen and oxygen atoms in total. The van der Waals surface area contributed by atoms with Crippen LogP contribution in [-0.2, 0) is 16.5 Å². The van der Waals surface area contributed by atoms with Crippen molar-refractivity contribution >= 4 is 109 Å². The first-order chi connectivity index (χ1) is 53.7. The van der Waals surface area contributed by atoms with Gasteiger partial charge in [0.1, 0.15) is 77.9 Å². The summed E-state index contributed by atoms with van der Waals surface area (Å²) in [7, 11) is 0. The van der Waals surface area contributed by atoms with Gasteiger partial charge in [0.15, 0.2) is 34.3 Å². The van der Waals surface area contributed by atoms with Gasteiger partial charge in [-0.05, 0) is 220 Å². The van der Waals surface area contributed by atoms with E-state index in [2.05, 4.69) is 107 Å². The van der Waals surface area contributed by atoms with Gasteiger partial charge < -0.3 is 47.9 Å². The fourth-order valence-electron chi connectivity index (χ4n) is 10.6. The van der Waals surface area contributed by atoms with Gasteiger partial charge in [-0.25, -0.2) is 29.4 Å². The monoisotopic (exact) mass is 1740 g/mol. The molecule has 0 fully saturated rings. The molecule has 0 saturated carbocycles. The number of halogens is 4. The number of aliphatic imine (C=N–C) groups is 2. The van der Waals surface area contributed by atoms with Crippen molar-refractivity contribution in [2.45, 2.75) is 0 Å². The number of ether oxygens (including phenoxy) is 8. The first-order valence-corrected chi connectivity index (χ1v) is 35.6. The zero-order valence-electron chi connectivity index (χ0n) is 56.7. The SMILES string of the molecule is [C-]#[N+]c1ccc(Oc2[n-]c(/C(=C3\N=C(Oc4ccc(C#N)cc4)C(Br)=C3Oc3ccc(C#N)cc3)c3ccccc3)c(Oc3ccc([N+]#[C-])cc3)c2Br)cc1.[C-]#[N+]c1ccc(Oc2[n-]c(/C(=C3\N=C(Oc4ccc(C#N)cc4)C(Br)=C3Oc3ccc(C#N)cc3)c3ccccc3)c(Oc3ccc([N+]#[C-])cc3)c2Br)cc1.[Ni+2]. The van der Waals surface area contributed by atoms with Crippen molar-refractivity contribution in [2.24, 2.45) is 9.98 Å². The standard InChI is InChI=1S/2C43H21Br2N6O4.Ni/c2*1-48-29-12-20-32(21-13-29)53-41-37(45)43(55-34-22-14-30(49-2)15-23-34)51-39(41)35(28-6-4-3-5-7-28)38-40(52-31-16-8-26(24-46)9-17-31)36(44)42(50-38)54-33-18-10-27(25-47)11-19-33;/h2*3-23H;/q2*-1;+2/b2*38-35-;. The first kappa shape index (κ1) is 76.4. The van der Waals surface area contributed by atoms with Crippen molar-refractivity contribution in [1.82, 2.24) is 9.97 Å². The van der Waals surface area contributed by atoms with E-state index in [1.54, 1.807) is 194 Å². The Labute approximate surface area is 678 Å². The Kier molecular flexibility index (Phi) is 24.4. The van der Waals surface area contributed by atoms with Crippen LogP contribution in [0.3, 0.4) is 0 Å². The molecule has 0 saturated heterocycles. The minimum absolute atomic E-state index is 0. The second-order valence-corrected chi connectivity index (χ2v) is 26.1. The Morgan fingerprint density at radius 2 is 0.559 bits per heavy atom. The summed E-state index contributed by atoms with van der Waals surface area (Å²) in [6.45, 7) is 29.4. The quantitative estimate of drug-likeness (QED) is 0.0573. The van der Waals surface area contributed by atoms with Gasteiger partial charge in [-0.2, -0.15) is 21.0 Å². The molecule has 2 aliphatic rings. The second-order valence-electron chi connectivity index (χ2n) is 22.9. The minimum atomic E-state index is 0. The number of benzene rings is 10. The van der Waals surface area contributed by atoms with Gasteiger partial charge >= 0.3 is 16.5 Å². The van der Waals surface area contributed by atoms with Gasteiger partial charge in [0.2, 0.25) is 11.8 Å². The maximum atomic E-state index is 9.40. The summed E-state index contributed by atoms with van der Waals surface area (Å²) in [6.07, 6.45) is 0. The summed E-state index contributed by atoms with van der Waals surface area (Å²) in [6, 6.07) is 80.4. The van der Waals surface area contributed by atoms with Gasteiger partial charge in [-0.3, -0.25) is 0 Å². The predicted molar refractivity (Wildman–Crippen MR) is 425 cm³/mol. The molecule has 2 aliphatic heterocycles. The Hall–Kier alpha value is -14.2. The Balaban J connectivity index is 0.000000204. The molecule has 0 unspecified atom stereocenters. The van der Waals surface area contributed by atoms with Crippen molar-refractivity contribution in [3.8, 4) is 93.5 Å². The van der Waals surface area contributed by atoms with Crippen LogP contribution >= 0.6 is 63.7 Å². The Bertz CT molecular complexity index is 5740. The van der Waals surface area contributed by atoms with Crippen LogP contribution in [0.5, 0.6) is 69.3 Å². The van der Waals surface area contributed by atoms with Gasteiger partial charge in [-0.1, -0.05) is 121 Å². The maximum Gasteiger partial charge on any atom is 2.00 e. The van der Waals surface area contributed by atoms with Crippen LogP contribution in [0.4, 0.5) is 22.7 Å². The summed E-state index contributed by atoms with van der Waals surface area (Å²) in [5, 5.41) is 37.4. The molecule has 4 heterocycles. The molecule has 0 aliphatic carbocycles. The number of hydrogen-bond donors (Lipinski definition) is 0. The molecule has 2 aromatic heterocycles. The van der Waals surface area contributed by atoms with E-state index in [1.807, 2.05) is 60.7 Å². The van der Waals surface area contributed by atoms with E-state index in [9.17, 15) is 21.0 Å². The van der Waals surface area contributed by atoms with Gasteiger partial charge in [-0.15, -0.1) is 0 Å². The maximum absolute atomic E-state index is 9.40. The van der Waals surface area contributed by atoms with E-state index in [0.717, 1.165) is 0 Å². The van der Waals surface area contributed by atoms with Crippen LogP contribution in [0.15, 0.2) is 306 Å². The van der Waals surface area contributed by atoms with Crippen LogP contribution < -0.4 is 47.9 Å². The average molecular weight is 1750 g/mol. The van der Waals surface area contributed by atoms with Gasteiger partial charge in [0, 0.05) is 22.9 Å². The van der Waals surface area contributed by atoms with Gasteiger partial charge in [0.05, 0.1) is 81.8 Å². The number of rotatable bonds is 18. The van der Waals surface area contributed by atoms with Crippen LogP contribution in [0.25, 0.3) is 30.5 Å². The first-order valence-electron chi connectivity index (χ1n) is 32.4. The summed E-state index contributed by atoms with van der Waals surface area (Å²) in [5.74, 6) is 5.19. The Morgan fingerprint density at radius 1 is 0.315 bits per heavy atom. The largest absolute Gasteiger partial charge is 2.00 e. The molecule has 532 valence electrons. The van der Waals surface area contributed by atoms with Crippen LogP contribution in [0, 0.1) is 71.6 Å². The smallest absolute Gasteiger partial charge is 0.622 e. The molecule has 0 spiro atoms. The zero-order valence-corrected chi connectivity index (χ0v) is 64.0. The second kappa shape index (κ2) is 35.5. The van der Waals surface area contributed by atoms with Crippen molar-refractivity contribution in [1.29, 1.82) is 21.0 Å². The molecular formula is C86H42Br4N12NiO8. The van der Waals surface area contributed by atoms with Crippen LogP contribution in [0.2, 0.25) is 0 Å². The molecule has 0 atom stereocenters. The predicted octanol–water partition coefficient (Wildman–Crippen LogP) is 23.5. The summed E-state index contributed by atoms with van der Waals surface area (Å²) < 4.78 is 52.7. The molecule has 111 heavy (non-hydrogen) atoms. The summed E-state index contributed by atoms with van der Waals surface area (Å²) in [5.41, 5.74) is 7.26. The van der Waals surface area contributed by atoms with E-state index in [1.165, 1.54) is 0 Å². The third-order valence-corrected chi connectivity index (χ3v) is 18.7. The van der Waals surface area contributed by atoms with Crippen molar-refractivity contribution in [3.63, 3.8) is 0 Å². The van der Waals surface area contributed by atoms with Crippen molar-refractivity contribution in [2.75, 3.05) is 0 Å². The van der Waals surface area contributed by atoms with E-state index in [4.69, 9.17) is 84.1 Å². The fourth-order valence-corrected chi connectivity index (χ4v) is 12.3.